The lowest BCUT2D eigenvalue weighted by molar-refractivity contribution is -0.159. The van der Waals surface area contributed by atoms with E-state index >= 15 is 14.4 Å². The van der Waals surface area contributed by atoms with Gasteiger partial charge in [-0.05, 0) is 155 Å². The molecule has 13 nitrogen and oxygen atoms in total. The van der Waals surface area contributed by atoms with Gasteiger partial charge in [-0.25, -0.2) is 14.8 Å². The fraction of sp³-hybridized carbons (Fsp3) is 0.574. The highest BCUT2D eigenvalue weighted by atomic mass is 16.7. The molecular weight excluding hydrogens is 845 g/mol. The fourth-order valence-electron chi connectivity index (χ4n) is 12.3. The lowest BCUT2D eigenvalue weighted by Crippen LogP contribution is -2.54. The number of ketones is 2. The first-order chi connectivity index (χ1) is 32.4. The maximum atomic E-state index is 15.7. The van der Waals surface area contributed by atoms with Crippen LogP contribution in [0, 0.1) is 29.1 Å². The van der Waals surface area contributed by atoms with Crippen molar-refractivity contribution in [1.82, 2.24) is 20.6 Å². The molecule has 5 aliphatic rings. The number of esters is 1. The van der Waals surface area contributed by atoms with E-state index in [0.29, 0.717) is 79.9 Å². The second-order valence-corrected chi connectivity index (χ2v) is 20.4. The standard InChI is InChI=1S/C54H72N6O7/c1-5-57-44-26-38-13-8-12-37-11-6-7-22-52(3,28-36-19-20-46(55)59-31-36)29-39-14-9-15-41-48(39)50(64)54(51(65)66-45(16-10-24-61)43(44)27-42(37)38)53(67-54,49(41)63)30-40(32-62)34(2)17-18-35-21-23-58-47(25-35)60-33-56-4/h8-9,13-15,19-21,23,25,31,37-38,42-45,56-57,61-62H,5-7,10-12,16-18,22,24,26-30,32-33H2,1-4H3,(H2,55,59)(H,58,60). The number of carbonyl (C=O) groups excluding carboxylic acids is 3. The van der Waals surface area contributed by atoms with Crippen LogP contribution in [0.1, 0.15) is 129 Å². The molecule has 2 aliphatic heterocycles. The van der Waals surface area contributed by atoms with Crippen molar-refractivity contribution in [2.75, 3.05) is 44.5 Å². The summed E-state index contributed by atoms with van der Waals surface area (Å²) in [5, 5.41) is 31.3. The summed E-state index contributed by atoms with van der Waals surface area (Å²) in [6.07, 6.45) is 17.5. The highest BCUT2D eigenvalue weighted by Gasteiger charge is 2.86. The number of fused-ring (bicyclic) bond motifs is 1. The van der Waals surface area contributed by atoms with Crippen molar-refractivity contribution in [2.45, 2.75) is 134 Å². The Morgan fingerprint density at radius 2 is 1.87 bits per heavy atom. The zero-order valence-electron chi connectivity index (χ0n) is 40.0. The maximum Gasteiger partial charge on any atom is 0.350 e. The van der Waals surface area contributed by atoms with E-state index in [2.05, 4.69) is 51.9 Å². The molecule has 1 spiro atoms. The number of aryl methyl sites for hydroxylation is 1. The molecule has 2 fully saturated rings. The molecule has 0 amide bonds. The Hall–Kier alpha value is -4.79. The van der Waals surface area contributed by atoms with Gasteiger partial charge in [0.2, 0.25) is 5.78 Å². The van der Waals surface area contributed by atoms with Crippen molar-refractivity contribution in [3.8, 4) is 0 Å². The number of rotatable bonds is 16. The Bertz CT molecular complexity index is 2330. The summed E-state index contributed by atoms with van der Waals surface area (Å²) in [5.41, 5.74) is 6.09. The van der Waals surface area contributed by atoms with E-state index in [1.54, 1.807) is 12.3 Å². The molecule has 7 N–H and O–H groups in total. The molecule has 3 aliphatic carbocycles. The van der Waals surface area contributed by atoms with Gasteiger partial charge in [0.1, 0.15) is 17.7 Å². The average Bonchev–Trinajstić information content (AvgIpc) is 4.03. The Morgan fingerprint density at radius 3 is 2.63 bits per heavy atom. The van der Waals surface area contributed by atoms with E-state index in [9.17, 15) is 10.2 Å². The zero-order chi connectivity index (χ0) is 47.3. The summed E-state index contributed by atoms with van der Waals surface area (Å²) in [6.45, 7) is 7.10. The molecule has 1 saturated carbocycles. The second kappa shape index (κ2) is 20.8. The molecule has 1 saturated heterocycles. The highest BCUT2D eigenvalue weighted by Crippen LogP contribution is 2.61. The molecule has 2 aromatic heterocycles. The first kappa shape index (κ1) is 48.7. The summed E-state index contributed by atoms with van der Waals surface area (Å²) in [4.78, 5) is 55.4. The lowest BCUT2D eigenvalue weighted by atomic mass is 9.61. The van der Waals surface area contributed by atoms with Gasteiger partial charge >= 0.3 is 5.97 Å². The van der Waals surface area contributed by atoms with Crippen molar-refractivity contribution >= 4 is 29.2 Å². The molecule has 67 heavy (non-hydrogen) atoms. The number of ether oxygens (including phenoxy) is 2. The third-order valence-electron chi connectivity index (χ3n) is 15.9. The third kappa shape index (κ3) is 9.90. The number of cyclic esters (lactones) is 1. The second-order valence-electron chi connectivity index (χ2n) is 20.4. The van der Waals surface area contributed by atoms with Crippen molar-refractivity contribution < 1.29 is 34.1 Å². The number of nitrogens with one attached hydrogen (secondary N) is 3. The van der Waals surface area contributed by atoms with E-state index < -0.39 is 34.8 Å². The number of nitrogens with zero attached hydrogens (tertiary/aromatic N) is 2. The van der Waals surface area contributed by atoms with Gasteiger partial charge in [-0.15, -0.1) is 0 Å². The Labute approximate surface area is 396 Å². The van der Waals surface area contributed by atoms with Gasteiger partial charge in [0.05, 0.1) is 13.3 Å². The first-order valence-corrected chi connectivity index (χ1v) is 24.8. The lowest BCUT2D eigenvalue weighted by Gasteiger charge is -2.48. The van der Waals surface area contributed by atoms with Gasteiger partial charge in [-0.3, -0.25) is 9.59 Å². The van der Waals surface area contributed by atoms with Crippen molar-refractivity contribution in [1.29, 1.82) is 0 Å². The number of Topliss-reactive ketones (excluding diaryl/α,β-unsaturated/α-hetero) is 2. The van der Waals surface area contributed by atoms with Crippen LogP contribution in [0.25, 0.3) is 0 Å². The molecule has 360 valence electrons. The quantitative estimate of drug-likeness (QED) is 0.0279. The third-order valence-corrected chi connectivity index (χ3v) is 15.9. The zero-order valence-corrected chi connectivity index (χ0v) is 40.0. The molecule has 8 rings (SSSR count). The number of nitrogen functional groups attached to an aromatic ring is 1. The van der Waals surface area contributed by atoms with Gasteiger partial charge in [0.15, 0.2) is 11.4 Å². The van der Waals surface area contributed by atoms with Crippen LogP contribution in [0.4, 0.5) is 11.6 Å². The van der Waals surface area contributed by atoms with Crippen LogP contribution in [0.3, 0.4) is 0 Å². The summed E-state index contributed by atoms with van der Waals surface area (Å²) in [7, 11) is 1.85. The minimum Gasteiger partial charge on any atom is -0.459 e. The van der Waals surface area contributed by atoms with Crippen molar-refractivity contribution in [3.63, 3.8) is 0 Å². The van der Waals surface area contributed by atoms with Crippen LogP contribution in [-0.2, 0) is 33.5 Å². The number of hydrogen-bond acceptors (Lipinski definition) is 13. The van der Waals surface area contributed by atoms with Crippen LogP contribution in [0.2, 0.25) is 0 Å². The molecule has 4 heterocycles. The molecule has 3 aromatic rings. The topological polar surface area (TPSA) is 201 Å². The van der Waals surface area contributed by atoms with E-state index in [4.69, 9.17) is 15.2 Å². The minimum absolute atomic E-state index is 0.0392. The number of aliphatic hydroxyl groups excluding tert-OH is 2. The normalized spacial score (nSPS) is 30.7. The van der Waals surface area contributed by atoms with E-state index in [1.807, 2.05) is 56.6 Å². The number of anilines is 2. The molecular formula is C54H72N6O7. The summed E-state index contributed by atoms with van der Waals surface area (Å²) < 4.78 is 13.3. The summed E-state index contributed by atoms with van der Waals surface area (Å²) in [6, 6.07) is 13.2. The Morgan fingerprint density at radius 1 is 1.01 bits per heavy atom. The molecule has 4 bridgehead atoms. The Kier molecular flexibility index (Phi) is 15.1. The number of aromatic nitrogens is 2. The maximum absolute atomic E-state index is 15.7. The highest BCUT2D eigenvalue weighted by molar-refractivity contribution is 6.33. The molecule has 13 heteroatoms. The smallest absolute Gasteiger partial charge is 0.350 e. The summed E-state index contributed by atoms with van der Waals surface area (Å²) >= 11 is 0. The predicted octanol–water partition coefficient (Wildman–Crippen LogP) is 7.11. The number of aliphatic hydroxyl groups is 2. The Balaban J connectivity index is 1.21. The number of carbonyl (C=O) groups is 3. The number of hydrogen-bond donors (Lipinski definition) is 6. The largest absolute Gasteiger partial charge is 0.459 e. The van der Waals surface area contributed by atoms with Crippen molar-refractivity contribution in [2.24, 2.45) is 29.1 Å². The molecule has 0 radical (unpaired) electrons. The van der Waals surface area contributed by atoms with Gasteiger partial charge in [-0.2, -0.15) is 0 Å². The average molecular weight is 917 g/mol. The van der Waals surface area contributed by atoms with Crippen LogP contribution in [0.15, 0.2) is 78.2 Å². The monoisotopic (exact) mass is 917 g/mol. The number of epoxide rings is 1. The van der Waals surface area contributed by atoms with Gasteiger partial charge in [0, 0.05) is 48.5 Å². The first-order valence-electron chi connectivity index (χ1n) is 24.8. The summed E-state index contributed by atoms with van der Waals surface area (Å²) in [5.74, 6) is 0.488. The number of allylic oxidation sites excluding steroid dienone is 3. The van der Waals surface area contributed by atoms with Crippen LogP contribution < -0.4 is 21.7 Å². The molecule has 9 unspecified atom stereocenters. The molecule has 9 atom stereocenters. The van der Waals surface area contributed by atoms with Gasteiger partial charge < -0.3 is 41.4 Å². The van der Waals surface area contributed by atoms with Crippen molar-refractivity contribution in [3.05, 3.63) is 106 Å². The van der Waals surface area contributed by atoms with Crippen LogP contribution >= 0.6 is 0 Å². The van der Waals surface area contributed by atoms with E-state index in [1.165, 1.54) is 0 Å². The minimum atomic E-state index is -2.25. The fourth-order valence-corrected chi connectivity index (χ4v) is 12.3. The van der Waals surface area contributed by atoms with E-state index in [-0.39, 0.29) is 48.1 Å². The number of nitrogens with two attached hydrogens (primary N) is 1. The van der Waals surface area contributed by atoms with Crippen LogP contribution in [0.5, 0.6) is 0 Å². The van der Waals surface area contributed by atoms with Crippen LogP contribution in [-0.4, -0.2) is 94.5 Å². The predicted molar refractivity (Wildman–Crippen MR) is 259 cm³/mol. The van der Waals surface area contributed by atoms with Gasteiger partial charge in [-0.1, -0.05) is 68.7 Å². The number of pyridine rings is 2. The van der Waals surface area contributed by atoms with Gasteiger partial charge in [0.25, 0.3) is 5.60 Å². The molecule has 1 aromatic carbocycles. The number of benzene rings is 1. The van der Waals surface area contributed by atoms with E-state index in [0.717, 1.165) is 74.0 Å². The SMILES string of the molecule is CCNC1CC2C=CCC3CCCCC(C)(Cc4ccc(N)nc4)Cc4cccc5c4C(=O)C4(OC4(CC(CO)=C(C)CCc4ccnc(NCNC)c4)C5=O)C(=O)OC(CCCO)C1CC23.